The fourth-order valence-corrected chi connectivity index (χ4v) is 3.07. The van der Waals surface area contributed by atoms with Gasteiger partial charge in [0.15, 0.2) is 0 Å². The van der Waals surface area contributed by atoms with Crippen LogP contribution in [-0.2, 0) is 5.75 Å². The maximum atomic E-state index is 9.49. The van der Waals surface area contributed by atoms with E-state index in [0.717, 1.165) is 24.3 Å². The molecule has 21 heavy (non-hydrogen) atoms. The number of thioether (sulfide) groups is 1. The van der Waals surface area contributed by atoms with Crippen LogP contribution in [0.15, 0.2) is 53.4 Å². The number of hydrogen-bond acceptors (Lipinski definition) is 3. The summed E-state index contributed by atoms with van der Waals surface area (Å²) in [5.74, 6) is 1.20. The van der Waals surface area contributed by atoms with E-state index in [-0.39, 0.29) is 0 Å². The maximum Gasteiger partial charge on any atom is 0.115 e. The van der Waals surface area contributed by atoms with Crippen molar-refractivity contribution in [2.75, 3.05) is 6.54 Å². The second kappa shape index (κ2) is 8.11. The number of phenolic OH excluding ortho intramolecular Hbond substituents is 1. The van der Waals surface area contributed by atoms with Crippen LogP contribution in [0, 0.1) is 0 Å². The largest absolute Gasteiger partial charge is 0.508 e. The van der Waals surface area contributed by atoms with E-state index in [1.807, 2.05) is 18.2 Å². The summed E-state index contributed by atoms with van der Waals surface area (Å²) in [6.07, 6.45) is 1.15. The molecule has 0 spiro atoms. The van der Waals surface area contributed by atoms with Gasteiger partial charge in [-0.15, -0.1) is 11.8 Å². The third-order valence-electron chi connectivity index (χ3n) is 3.37. The van der Waals surface area contributed by atoms with Crippen molar-refractivity contribution in [3.8, 4) is 5.75 Å². The third kappa shape index (κ3) is 5.10. The van der Waals surface area contributed by atoms with Crippen LogP contribution in [0.1, 0.15) is 37.4 Å². The van der Waals surface area contributed by atoms with Crippen LogP contribution < -0.4 is 5.32 Å². The Labute approximate surface area is 131 Å². The van der Waals surface area contributed by atoms with Gasteiger partial charge >= 0.3 is 0 Å². The van der Waals surface area contributed by atoms with Crippen LogP contribution in [0.2, 0.25) is 0 Å². The van der Waals surface area contributed by atoms with E-state index < -0.39 is 0 Å². The van der Waals surface area contributed by atoms with Crippen LogP contribution in [-0.4, -0.2) is 11.7 Å². The van der Waals surface area contributed by atoms with Crippen LogP contribution in [0.25, 0.3) is 0 Å². The quantitative estimate of drug-likeness (QED) is 0.724. The molecule has 2 nitrogen and oxygen atoms in total. The molecule has 0 saturated heterocycles. The molecule has 2 aromatic carbocycles. The number of phenols is 1. The molecule has 0 aliphatic heterocycles. The molecule has 2 N–H and O–H groups in total. The minimum absolute atomic E-state index is 0.333. The Morgan fingerprint density at radius 3 is 2.71 bits per heavy atom. The standard InChI is InChI=1S/C18H23NOS/c1-3-10-19-14(2)16-7-5-9-18(12-16)21-13-15-6-4-8-17(20)11-15/h4-9,11-12,14,19-20H,3,10,13H2,1-2H3. The number of hydrogen-bond donors (Lipinski definition) is 2. The van der Waals surface area contributed by atoms with Gasteiger partial charge < -0.3 is 10.4 Å². The first-order chi connectivity index (χ1) is 10.2. The van der Waals surface area contributed by atoms with Gasteiger partial charge in [-0.1, -0.05) is 31.2 Å². The summed E-state index contributed by atoms with van der Waals surface area (Å²) in [4.78, 5) is 1.26. The van der Waals surface area contributed by atoms with Crippen LogP contribution >= 0.6 is 11.8 Å². The van der Waals surface area contributed by atoms with Crippen LogP contribution in [0.5, 0.6) is 5.75 Å². The lowest BCUT2D eigenvalue weighted by atomic mass is 10.1. The van der Waals surface area contributed by atoms with E-state index in [2.05, 4.69) is 43.4 Å². The Bertz CT molecular complexity index is 571. The number of rotatable bonds is 7. The molecule has 2 rings (SSSR count). The minimum atomic E-state index is 0.333. The van der Waals surface area contributed by atoms with Gasteiger partial charge in [-0.2, -0.15) is 0 Å². The van der Waals surface area contributed by atoms with Crippen molar-refractivity contribution in [2.24, 2.45) is 0 Å². The second-order valence-corrected chi connectivity index (χ2v) is 6.26. The van der Waals surface area contributed by atoms with E-state index in [1.165, 1.54) is 10.5 Å². The Kier molecular flexibility index (Phi) is 6.15. The smallest absolute Gasteiger partial charge is 0.115 e. The summed E-state index contributed by atoms with van der Waals surface area (Å²) in [6.45, 7) is 5.43. The second-order valence-electron chi connectivity index (χ2n) is 5.21. The Balaban J connectivity index is 1.97. The molecule has 112 valence electrons. The van der Waals surface area contributed by atoms with Gasteiger partial charge in [-0.3, -0.25) is 0 Å². The van der Waals surface area contributed by atoms with Gasteiger partial charge in [-0.25, -0.2) is 0 Å². The Morgan fingerprint density at radius 2 is 1.95 bits per heavy atom. The molecule has 1 unspecified atom stereocenters. The van der Waals surface area contributed by atoms with Crippen molar-refractivity contribution in [2.45, 2.75) is 37.0 Å². The molecule has 0 fully saturated rings. The molecule has 0 saturated carbocycles. The highest BCUT2D eigenvalue weighted by Gasteiger charge is 2.05. The lowest BCUT2D eigenvalue weighted by molar-refractivity contribution is 0.475. The molecule has 0 amide bonds. The van der Waals surface area contributed by atoms with E-state index in [4.69, 9.17) is 0 Å². The summed E-state index contributed by atoms with van der Waals surface area (Å²) in [7, 11) is 0. The highest BCUT2D eigenvalue weighted by molar-refractivity contribution is 7.98. The third-order valence-corrected chi connectivity index (χ3v) is 4.44. The van der Waals surface area contributed by atoms with Gasteiger partial charge in [0.25, 0.3) is 0 Å². The number of benzene rings is 2. The lowest BCUT2D eigenvalue weighted by Crippen LogP contribution is -2.19. The highest BCUT2D eigenvalue weighted by Crippen LogP contribution is 2.26. The Hall–Kier alpha value is -1.45. The van der Waals surface area contributed by atoms with Crippen molar-refractivity contribution in [3.63, 3.8) is 0 Å². The number of aromatic hydroxyl groups is 1. The first-order valence-corrected chi connectivity index (χ1v) is 8.41. The van der Waals surface area contributed by atoms with Crippen LogP contribution in [0.4, 0.5) is 0 Å². The minimum Gasteiger partial charge on any atom is -0.508 e. The van der Waals surface area contributed by atoms with Gasteiger partial charge in [0.1, 0.15) is 5.75 Å². The van der Waals surface area contributed by atoms with E-state index in [1.54, 1.807) is 17.8 Å². The summed E-state index contributed by atoms with van der Waals surface area (Å²) in [6, 6.07) is 16.5. The summed E-state index contributed by atoms with van der Waals surface area (Å²) in [5.41, 5.74) is 2.46. The SMILES string of the molecule is CCCNC(C)c1cccc(SCc2cccc(O)c2)c1. The molecule has 0 aliphatic rings. The normalized spacial score (nSPS) is 12.3. The molecule has 2 aromatic rings. The van der Waals surface area contributed by atoms with Gasteiger partial charge in [0.05, 0.1) is 0 Å². The van der Waals surface area contributed by atoms with Gasteiger partial charge in [0, 0.05) is 16.7 Å². The van der Waals surface area contributed by atoms with Crippen molar-refractivity contribution in [1.29, 1.82) is 0 Å². The topological polar surface area (TPSA) is 32.3 Å². The zero-order chi connectivity index (χ0) is 15.1. The van der Waals surface area contributed by atoms with Crippen molar-refractivity contribution in [1.82, 2.24) is 5.32 Å². The monoisotopic (exact) mass is 301 g/mol. The summed E-state index contributed by atoms with van der Waals surface area (Å²) in [5, 5.41) is 13.0. The van der Waals surface area contributed by atoms with Gasteiger partial charge in [-0.05, 0) is 55.3 Å². The van der Waals surface area contributed by atoms with Crippen molar-refractivity contribution < 1.29 is 5.11 Å². The lowest BCUT2D eigenvalue weighted by Gasteiger charge is -2.14. The fourth-order valence-electron chi connectivity index (χ4n) is 2.17. The molecule has 1 atom stereocenters. The predicted octanol–water partition coefficient (Wildman–Crippen LogP) is 4.75. The van der Waals surface area contributed by atoms with Gasteiger partial charge in [0.2, 0.25) is 0 Å². The molecular formula is C18H23NOS. The zero-order valence-electron chi connectivity index (χ0n) is 12.7. The Morgan fingerprint density at radius 1 is 1.14 bits per heavy atom. The first-order valence-electron chi connectivity index (χ1n) is 7.43. The molecule has 0 heterocycles. The van der Waals surface area contributed by atoms with Crippen molar-refractivity contribution >= 4 is 11.8 Å². The predicted molar refractivity (Wildman–Crippen MR) is 90.8 cm³/mol. The summed E-state index contributed by atoms with van der Waals surface area (Å²) < 4.78 is 0. The van der Waals surface area contributed by atoms with Crippen molar-refractivity contribution in [3.05, 3.63) is 59.7 Å². The molecular weight excluding hydrogens is 278 g/mol. The molecule has 0 bridgehead atoms. The molecule has 0 aliphatic carbocycles. The molecule has 3 heteroatoms. The number of nitrogens with one attached hydrogen (secondary N) is 1. The maximum absolute atomic E-state index is 9.49. The zero-order valence-corrected chi connectivity index (χ0v) is 13.5. The summed E-state index contributed by atoms with van der Waals surface area (Å²) >= 11 is 1.80. The molecule has 0 radical (unpaired) electrons. The molecule has 0 aromatic heterocycles. The first kappa shape index (κ1) is 15.9. The average Bonchev–Trinajstić information content (AvgIpc) is 2.51. The fraction of sp³-hybridized carbons (Fsp3) is 0.333. The van der Waals surface area contributed by atoms with E-state index >= 15 is 0 Å². The van der Waals surface area contributed by atoms with E-state index in [9.17, 15) is 5.11 Å². The average molecular weight is 301 g/mol. The highest BCUT2D eigenvalue weighted by atomic mass is 32.2. The van der Waals surface area contributed by atoms with E-state index in [0.29, 0.717) is 11.8 Å². The van der Waals surface area contributed by atoms with Crippen LogP contribution in [0.3, 0.4) is 0 Å².